The molecule has 24 heavy (non-hydrogen) atoms. The Balaban J connectivity index is 0.00000104. The molecule has 1 aromatic carbocycles. The zero-order valence-corrected chi connectivity index (χ0v) is 22.4. The van der Waals surface area contributed by atoms with E-state index in [1.54, 1.807) is 5.56 Å². The van der Waals surface area contributed by atoms with Crippen molar-refractivity contribution in [2.45, 2.75) is 43.2 Å². The molecule has 1 unspecified atom stereocenters. The summed E-state index contributed by atoms with van der Waals surface area (Å²) in [5, 5.41) is 0. The van der Waals surface area contributed by atoms with Crippen LogP contribution in [0.1, 0.15) is 28.1 Å². The van der Waals surface area contributed by atoms with Crippen molar-refractivity contribution in [3.05, 3.63) is 62.5 Å². The molecule has 1 aromatic rings. The van der Waals surface area contributed by atoms with Gasteiger partial charge in [0.15, 0.2) is 0 Å². The molecule has 2 aliphatic carbocycles. The van der Waals surface area contributed by atoms with E-state index >= 15 is 0 Å². The third-order valence-corrected chi connectivity index (χ3v) is 162. The van der Waals surface area contributed by atoms with Crippen LogP contribution in [0.2, 0.25) is 26.2 Å². The van der Waals surface area contributed by atoms with Gasteiger partial charge in [0.05, 0.1) is 0 Å². The Bertz CT molecular complexity index is 748. The third kappa shape index (κ3) is 2.31. The number of fused-ring (bicyclic) bond motifs is 1. The fourth-order valence-corrected chi connectivity index (χ4v) is 245. The minimum Gasteiger partial charge on any atom is -0.147 e. The summed E-state index contributed by atoms with van der Waals surface area (Å²) in [6.07, 6.45) is 11.5. The summed E-state index contributed by atoms with van der Waals surface area (Å²) in [6, 6.07) is 9.22. The maximum atomic E-state index is 2.77. The van der Waals surface area contributed by atoms with Gasteiger partial charge < -0.3 is 0 Å². The molecule has 4 rings (SSSR count). The first-order chi connectivity index (χ1) is 10.3. The van der Waals surface area contributed by atoms with Crippen LogP contribution in [0.25, 0.3) is 6.08 Å². The molecule has 1 aliphatic heterocycles. The number of rotatable bonds is 2. The molecule has 0 amide bonds. The van der Waals surface area contributed by atoms with E-state index in [1.165, 1.54) is 17.6 Å². The Kier molecular flexibility index (Phi) is 5.58. The van der Waals surface area contributed by atoms with E-state index in [0.29, 0.717) is 0 Å². The van der Waals surface area contributed by atoms with E-state index in [0.717, 1.165) is 3.67 Å². The van der Waals surface area contributed by atoms with Crippen molar-refractivity contribution in [2.75, 3.05) is 0 Å². The minimum atomic E-state index is -2.45. The molecule has 0 saturated carbocycles. The number of allylic oxidation sites excluding steroid dienone is 5. The molecule has 130 valence electrons. The molecule has 0 spiro atoms. The molecular formula is C19H28Cl2HfSi2. The van der Waals surface area contributed by atoms with Crippen LogP contribution in [0, 0.1) is 0 Å². The Morgan fingerprint density at radius 2 is 1.62 bits per heavy atom. The van der Waals surface area contributed by atoms with Crippen LogP contribution in [-0.2, 0) is 18.3 Å². The van der Waals surface area contributed by atoms with Gasteiger partial charge in [-0.25, -0.2) is 0 Å². The first kappa shape index (κ1) is 20.6. The zero-order chi connectivity index (χ0) is 15.8. The molecule has 0 radical (unpaired) electrons. The van der Waals surface area contributed by atoms with Gasteiger partial charge in [0, 0.05) is 0 Å². The van der Waals surface area contributed by atoms with E-state index in [9.17, 15) is 0 Å². The Morgan fingerprint density at radius 1 is 1.00 bits per heavy atom. The van der Waals surface area contributed by atoms with Gasteiger partial charge in [-0.3, -0.25) is 0 Å². The molecule has 1 saturated heterocycles. The monoisotopic (exact) mass is 562 g/mol. The predicted molar refractivity (Wildman–Crippen MR) is 114 cm³/mol. The first-order valence-electron chi connectivity index (χ1n) is 8.49. The summed E-state index contributed by atoms with van der Waals surface area (Å²) in [4.78, 5) is 0. The second-order valence-corrected chi connectivity index (χ2v) is 87.4. The second-order valence-electron chi connectivity index (χ2n) is 8.35. The molecular weight excluding hydrogens is 534 g/mol. The largest absolute Gasteiger partial charge is 0.147 e. The SMILES string of the molecule is CC1=CC[C]([Hf]2([CH]3C=Cc4ccccc43)[Si](C)(C)[Si]2(C)C)=C1.Cl.Cl. The van der Waals surface area contributed by atoms with E-state index in [-0.39, 0.29) is 24.8 Å². The standard InChI is InChI=1S/C9H7.C6H7.C4H12Si2.2ClH.Hf/c1-2-5-9-7-3-6-8(9)4-1;1-6-4-2-3-5-6;1-5(2)6(3)4;;;/h1-7H;4-5H,2H2,1H3;1-4H3;2*1H;. The van der Waals surface area contributed by atoms with E-state index in [1.807, 2.05) is 3.33 Å². The maximum Gasteiger partial charge on any atom is -0.147 e. The van der Waals surface area contributed by atoms with E-state index < -0.39 is 27.9 Å². The maximum absolute atomic E-state index is 2.77. The molecule has 5 heteroatoms. The fourth-order valence-electron chi connectivity index (χ4n) is 5.70. The van der Waals surface area contributed by atoms with E-state index in [4.69, 9.17) is 0 Å². The van der Waals surface area contributed by atoms with Crippen molar-refractivity contribution in [3.8, 4) is 0 Å². The van der Waals surface area contributed by atoms with Crippen molar-refractivity contribution in [1.82, 2.24) is 0 Å². The van der Waals surface area contributed by atoms with Crippen LogP contribution < -0.4 is 0 Å². The average Bonchev–Trinajstić information content (AvgIpc) is 2.94. The minimum absolute atomic E-state index is 0. The van der Waals surface area contributed by atoms with Crippen LogP contribution >= 0.6 is 24.8 Å². The van der Waals surface area contributed by atoms with Crippen molar-refractivity contribution < 1.29 is 18.3 Å². The van der Waals surface area contributed by atoms with Crippen LogP contribution in [0.5, 0.6) is 0 Å². The number of hydrogen-bond acceptors (Lipinski definition) is 0. The van der Waals surface area contributed by atoms with Gasteiger partial charge in [-0.2, -0.15) is 0 Å². The van der Waals surface area contributed by atoms with Gasteiger partial charge >= 0.3 is 140 Å². The van der Waals surface area contributed by atoms with Gasteiger partial charge in [0.1, 0.15) is 0 Å². The average molecular weight is 562 g/mol. The Morgan fingerprint density at radius 3 is 2.17 bits per heavy atom. The van der Waals surface area contributed by atoms with Crippen molar-refractivity contribution >= 4 is 40.4 Å². The zero-order valence-electron chi connectivity index (χ0n) is 15.2. The normalized spacial score (nSPS) is 26.6. The van der Waals surface area contributed by atoms with E-state index in [2.05, 4.69) is 81.7 Å². The second kappa shape index (κ2) is 6.49. The van der Waals surface area contributed by atoms with Crippen LogP contribution in [-0.4, -0.2) is 9.56 Å². The van der Waals surface area contributed by atoms with Crippen molar-refractivity contribution in [2.24, 2.45) is 0 Å². The Labute approximate surface area is 163 Å². The summed E-state index contributed by atoms with van der Waals surface area (Å²) in [6.45, 7) is 13.4. The van der Waals surface area contributed by atoms with Crippen LogP contribution in [0.4, 0.5) is 0 Å². The Hall–Kier alpha value is 0.324. The topological polar surface area (TPSA) is 0 Å². The number of benzene rings is 1. The summed E-state index contributed by atoms with van der Waals surface area (Å²) in [7, 11) is 0. The molecule has 0 nitrogen and oxygen atoms in total. The quantitative estimate of drug-likeness (QED) is 0.362. The smallest absolute Gasteiger partial charge is 0.147 e. The molecule has 3 aliphatic rings. The summed E-state index contributed by atoms with van der Waals surface area (Å²) in [5.41, 5.74) is 4.73. The molecule has 0 bridgehead atoms. The molecule has 1 heterocycles. The molecule has 0 N–H and O–H groups in total. The molecule has 0 aromatic heterocycles. The molecule has 1 fully saturated rings. The van der Waals surface area contributed by atoms with Crippen LogP contribution in [0.15, 0.2) is 51.4 Å². The van der Waals surface area contributed by atoms with Gasteiger partial charge in [-0.15, -0.1) is 24.8 Å². The summed E-state index contributed by atoms with van der Waals surface area (Å²) < 4.78 is 0.873. The first-order valence-corrected chi connectivity index (χ1v) is 30.1. The predicted octanol–water partition coefficient (Wildman–Crippen LogP) is 6.49. The van der Waals surface area contributed by atoms with Crippen molar-refractivity contribution in [1.29, 1.82) is 0 Å². The number of halogens is 2. The molecule has 1 atom stereocenters. The van der Waals surface area contributed by atoms with Gasteiger partial charge in [0.2, 0.25) is 0 Å². The third-order valence-electron chi connectivity index (χ3n) is 7.29. The van der Waals surface area contributed by atoms with Crippen molar-refractivity contribution in [3.63, 3.8) is 0 Å². The van der Waals surface area contributed by atoms with Gasteiger partial charge in [0.25, 0.3) is 0 Å². The van der Waals surface area contributed by atoms with Gasteiger partial charge in [-0.1, -0.05) is 0 Å². The summed E-state index contributed by atoms with van der Waals surface area (Å²) in [5.74, 6) is 0. The summed E-state index contributed by atoms with van der Waals surface area (Å²) >= 11 is -2.45. The number of hydrogen-bond donors (Lipinski definition) is 0. The fraction of sp³-hybridized carbons (Fsp3) is 0.368. The van der Waals surface area contributed by atoms with Crippen LogP contribution in [0.3, 0.4) is 0 Å². The van der Waals surface area contributed by atoms with Gasteiger partial charge in [-0.05, 0) is 0 Å².